The Kier molecular flexibility index (Phi) is 2.62. The summed E-state index contributed by atoms with van der Waals surface area (Å²) in [6.45, 7) is 0. The zero-order valence-electron chi connectivity index (χ0n) is 10.5. The second-order valence-corrected chi connectivity index (χ2v) is 7.00. The summed E-state index contributed by atoms with van der Waals surface area (Å²) in [5.41, 5.74) is 1.80. The standard InChI is InChI=1S/C15H15Cl2NO/c16-9-5-11-13(10-4-7-1-2-8(10)3-7)15(19)18-14(11)12(17)6-9/h5-8,10,13H,1-4H2,(H,18,19). The zero-order chi connectivity index (χ0) is 13.1. The van der Waals surface area contributed by atoms with E-state index in [1.165, 1.54) is 25.7 Å². The molecule has 4 rings (SSSR count). The van der Waals surface area contributed by atoms with Crippen LogP contribution in [-0.2, 0) is 4.79 Å². The topological polar surface area (TPSA) is 29.1 Å². The van der Waals surface area contributed by atoms with E-state index in [2.05, 4.69) is 5.32 Å². The fraction of sp³-hybridized carbons (Fsp3) is 0.533. The van der Waals surface area contributed by atoms with Crippen LogP contribution in [0.2, 0.25) is 10.0 Å². The highest BCUT2D eigenvalue weighted by Gasteiger charge is 2.48. The molecule has 0 radical (unpaired) electrons. The number of fused-ring (bicyclic) bond motifs is 3. The molecule has 4 atom stereocenters. The van der Waals surface area contributed by atoms with Crippen LogP contribution < -0.4 is 5.32 Å². The Morgan fingerprint density at radius 2 is 2.00 bits per heavy atom. The minimum atomic E-state index is -0.0403. The van der Waals surface area contributed by atoms with Crippen LogP contribution in [-0.4, -0.2) is 5.91 Å². The first-order valence-electron chi connectivity index (χ1n) is 6.93. The monoisotopic (exact) mass is 295 g/mol. The third kappa shape index (κ3) is 1.73. The van der Waals surface area contributed by atoms with Gasteiger partial charge in [-0.15, -0.1) is 0 Å². The van der Waals surface area contributed by atoms with E-state index in [9.17, 15) is 4.79 Å². The molecular formula is C15H15Cl2NO. The lowest BCUT2D eigenvalue weighted by Gasteiger charge is -2.26. The van der Waals surface area contributed by atoms with E-state index in [0.29, 0.717) is 21.9 Å². The van der Waals surface area contributed by atoms with Crippen molar-refractivity contribution in [1.82, 2.24) is 0 Å². The summed E-state index contributed by atoms with van der Waals surface area (Å²) in [4.78, 5) is 12.3. The molecule has 1 heterocycles. The quantitative estimate of drug-likeness (QED) is 0.814. The van der Waals surface area contributed by atoms with Crippen molar-refractivity contribution in [2.24, 2.45) is 17.8 Å². The first-order valence-corrected chi connectivity index (χ1v) is 7.69. The third-order valence-corrected chi connectivity index (χ3v) is 5.69. The van der Waals surface area contributed by atoms with Crippen molar-refractivity contribution in [3.63, 3.8) is 0 Å². The van der Waals surface area contributed by atoms with Gasteiger partial charge in [0, 0.05) is 5.02 Å². The Bertz CT molecular complexity index is 572. The molecule has 1 aromatic carbocycles. The van der Waals surface area contributed by atoms with Gasteiger partial charge in [-0.05, 0) is 54.7 Å². The van der Waals surface area contributed by atoms with Crippen LogP contribution in [0.25, 0.3) is 0 Å². The van der Waals surface area contributed by atoms with Crippen molar-refractivity contribution >= 4 is 34.8 Å². The molecule has 2 aliphatic carbocycles. The lowest BCUT2D eigenvalue weighted by Crippen LogP contribution is -2.25. The molecule has 1 aromatic rings. The highest BCUT2D eigenvalue weighted by atomic mass is 35.5. The summed E-state index contributed by atoms with van der Waals surface area (Å²) in [6, 6.07) is 3.61. The van der Waals surface area contributed by atoms with Crippen LogP contribution in [0.4, 0.5) is 5.69 Å². The van der Waals surface area contributed by atoms with E-state index in [1.54, 1.807) is 6.07 Å². The minimum absolute atomic E-state index is 0.0403. The molecule has 0 saturated heterocycles. The zero-order valence-corrected chi connectivity index (χ0v) is 12.0. The average Bonchev–Trinajstić information content (AvgIpc) is 3.02. The average molecular weight is 296 g/mol. The van der Waals surface area contributed by atoms with Crippen LogP contribution >= 0.6 is 23.2 Å². The van der Waals surface area contributed by atoms with E-state index < -0.39 is 0 Å². The maximum absolute atomic E-state index is 12.3. The molecule has 1 N–H and O–H groups in total. The summed E-state index contributed by atoms with van der Waals surface area (Å²) in [7, 11) is 0. The predicted molar refractivity (Wildman–Crippen MR) is 76.8 cm³/mol. The Morgan fingerprint density at radius 1 is 1.16 bits per heavy atom. The van der Waals surface area contributed by atoms with Gasteiger partial charge in [-0.25, -0.2) is 0 Å². The van der Waals surface area contributed by atoms with Crippen LogP contribution in [0.15, 0.2) is 12.1 Å². The van der Waals surface area contributed by atoms with E-state index in [4.69, 9.17) is 23.2 Å². The van der Waals surface area contributed by atoms with Crippen molar-refractivity contribution in [3.8, 4) is 0 Å². The first-order chi connectivity index (χ1) is 9.13. The first kappa shape index (κ1) is 12.0. The van der Waals surface area contributed by atoms with Gasteiger partial charge in [0.05, 0.1) is 16.6 Å². The van der Waals surface area contributed by atoms with Crippen molar-refractivity contribution in [3.05, 3.63) is 27.7 Å². The molecule has 100 valence electrons. The van der Waals surface area contributed by atoms with Crippen molar-refractivity contribution < 1.29 is 4.79 Å². The van der Waals surface area contributed by atoms with Gasteiger partial charge in [-0.2, -0.15) is 0 Å². The fourth-order valence-electron chi connectivity index (χ4n) is 4.44. The van der Waals surface area contributed by atoms with E-state index in [-0.39, 0.29) is 11.8 Å². The Hall–Kier alpha value is -0.730. The molecule has 1 amide bonds. The molecule has 4 unspecified atom stereocenters. The number of carbonyl (C=O) groups excluding carboxylic acids is 1. The summed E-state index contributed by atoms with van der Waals surface area (Å²) in [5.74, 6) is 2.10. The van der Waals surface area contributed by atoms with E-state index >= 15 is 0 Å². The van der Waals surface area contributed by atoms with Crippen molar-refractivity contribution in [2.75, 3.05) is 5.32 Å². The van der Waals surface area contributed by atoms with Crippen molar-refractivity contribution in [2.45, 2.75) is 31.6 Å². The van der Waals surface area contributed by atoms with Crippen LogP contribution in [0.3, 0.4) is 0 Å². The second-order valence-electron chi connectivity index (χ2n) is 6.16. The molecule has 19 heavy (non-hydrogen) atoms. The van der Waals surface area contributed by atoms with Crippen LogP contribution in [0.1, 0.15) is 37.2 Å². The van der Waals surface area contributed by atoms with Gasteiger partial charge in [0.25, 0.3) is 0 Å². The Balaban J connectivity index is 1.77. The van der Waals surface area contributed by atoms with Crippen molar-refractivity contribution in [1.29, 1.82) is 0 Å². The highest BCUT2D eigenvalue weighted by molar-refractivity contribution is 6.37. The van der Waals surface area contributed by atoms with Gasteiger partial charge in [0.2, 0.25) is 5.91 Å². The Labute approximate surface area is 122 Å². The molecule has 4 heteroatoms. The Morgan fingerprint density at radius 3 is 2.68 bits per heavy atom. The van der Waals surface area contributed by atoms with E-state index in [1.807, 2.05) is 6.07 Å². The lowest BCUT2D eigenvalue weighted by molar-refractivity contribution is -0.118. The molecule has 0 aromatic heterocycles. The number of nitrogens with one attached hydrogen (secondary N) is 1. The van der Waals surface area contributed by atoms with Gasteiger partial charge in [-0.1, -0.05) is 29.6 Å². The molecule has 2 saturated carbocycles. The molecular weight excluding hydrogens is 281 g/mol. The predicted octanol–water partition coefficient (Wildman–Crippen LogP) is 4.47. The minimum Gasteiger partial charge on any atom is -0.324 e. The number of carbonyl (C=O) groups is 1. The molecule has 1 aliphatic heterocycles. The normalized spacial score (nSPS) is 35.6. The number of amides is 1. The summed E-state index contributed by atoms with van der Waals surface area (Å²) < 4.78 is 0. The molecule has 3 aliphatic rings. The number of halogens is 2. The second kappa shape index (κ2) is 4.13. The summed E-state index contributed by atoms with van der Waals surface area (Å²) >= 11 is 12.3. The largest absolute Gasteiger partial charge is 0.324 e. The van der Waals surface area contributed by atoms with Gasteiger partial charge in [0.15, 0.2) is 0 Å². The molecule has 2 nitrogen and oxygen atoms in total. The maximum Gasteiger partial charge on any atom is 0.232 e. The highest BCUT2D eigenvalue weighted by Crippen LogP contribution is 2.56. The fourth-order valence-corrected chi connectivity index (χ4v) is 5.00. The SMILES string of the molecule is O=C1Nc2c(Cl)cc(Cl)cc2C1C1CC2CCC1C2. The van der Waals surface area contributed by atoms with Gasteiger partial charge >= 0.3 is 0 Å². The van der Waals surface area contributed by atoms with Crippen LogP contribution in [0.5, 0.6) is 0 Å². The number of anilines is 1. The number of hydrogen-bond donors (Lipinski definition) is 1. The van der Waals surface area contributed by atoms with Crippen LogP contribution in [0, 0.1) is 17.8 Å². The third-order valence-electron chi connectivity index (χ3n) is 5.17. The number of rotatable bonds is 1. The van der Waals surface area contributed by atoms with E-state index in [0.717, 1.165) is 17.2 Å². The maximum atomic E-state index is 12.3. The number of benzene rings is 1. The smallest absolute Gasteiger partial charge is 0.232 e. The lowest BCUT2D eigenvalue weighted by atomic mass is 9.77. The van der Waals surface area contributed by atoms with Gasteiger partial charge in [-0.3, -0.25) is 4.79 Å². The summed E-state index contributed by atoms with van der Waals surface area (Å²) in [6.07, 6.45) is 5.12. The molecule has 0 spiro atoms. The summed E-state index contributed by atoms with van der Waals surface area (Å²) in [5, 5.41) is 4.13. The number of hydrogen-bond acceptors (Lipinski definition) is 1. The van der Waals surface area contributed by atoms with Gasteiger partial charge in [0.1, 0.15) is 0 Å². The molecule has 2 fully saturated rings. The molecule has 2 bridgehead atoms. The van der Waals surface area contributed by atoms with Gasteiger partial charge < -0.3 is 5.32 Å².